The van der Waals surface area contributed by atoms with Crippen molar-refractivity contribution in [3.8, 4) is 23.3 Å². The molecule has 6 heteroatoms. The van der Waals surface area contributed by atoms with Crippen molar-refractivity contribution in [2.24, 2.45) is 11.3 Å². The van der Waals surface area contributed by atoms with Gasteiger partial charge in [-0.15, -0.1) is 5.92 Å². The number of hydrogen-bond donors (Lipinski definition) is 3. The SMILES string of the molecule is CCCNC[C@@]1(CC)C#CC[C@H](Cc2ccc(O)c(OC)c2)[C@@H](OC(C)=O)C[C@@H](O)CC1. The largest absolute Gasteiger partial charge is 0.504 e. The number of aliphatic hydroxyl groups excluding tert-OH is 1. The summed E-state index contributed by atoms with van der Waals surface area (Å²) in [6.45, 7) is 7.46. The number of carbonyl (C=O) groups is 1. The number of rotatable bonds is 9. The molecule has 0 fully saturated rings. The summed E-state index contributed by atoms with van der Waals surface area (Å²) in [6, 6.07) is 5.25. The molecule has 0 amide bonds. The van der Waals surface area contributed by atoms with E-state index in [1.807, 2.05) is 6.07 Å². The van der Waals surface area contributed by atoms with E-state index in [1.54, 1.807) is 12.1 Å². The highest BCUT2D eigenvalue weighted by Gasteiger charge is 2.32. The fourth-order valence-corrected chi connectivity index (χ4v) is 4.33. The predicted octanol–water partition coefficient (Wildman–Crippen LogP) is 3.83. The zero-order chi connectivity index (χ0) is 23.6. The third-order valence-electron chi connectivity index (χ3n) is 6.33. The van der Waals surface area contributed by atoms with Gasteiger partial charge in [0.25, 0.3) is 0 Å². The molecule has 2 rings (SSSR count). The maximum absolute atomic E-state index is 11.8. The highest BCUT2D eigenvalue weighted by Crippen LogP contribution is 2.33. The van der Waals surface area contributed by atoms with Crippen LogP contribution in [0.25, 0.3) is 0 Å². The van der Waals surface area contributed by atoms with Gasteiger partial charge in [0.1, 0.15) is 6.10 Å². The number of esters is 1. The van der Waals surface area contributed by atoms with Gasteiger partial charge in [-0.1, -0.05) is 25.8 Å². The van der Waals surface area contributed by atoms with Gasteiger partial charge < -0.3 is 25.0 Å². The Morgan fingerprint density at radius 3 is 2.78 bits per heavy atom. The molecular weight excluding hydrogens is 406 g/mol. The molecule has 0 heterocycles. The van der Waals surface area contributed by atoms with Gasteiger partial charge in [0.05, 0.1) is 13.2 Å². The van der Waals surface area contributed by atoms with Crippen molar-refractivity contribution >= 4 is 5.97 Å². The summed E-state index contributed by atoms with van der Waals surface area (Å²) >= 11 is 0. The van der Waals surface area contributed by atoms with E-state index in [0.717, 1.165) is 37.9 Å². The van der Waals surface area contributed by atoms with Gasteiger partial charge in [-0.3, -0.25) is 4.79 Å². The van der Waals surface area contributed by atoms with E-state index in [4.69, 9.17) is 9.47 Å². The van der Waals surface area contributed by atoms with Gasteiger partial charge in [-0.25, -0.2) is 0 Å². The first kappa shape index (κ1) is 26.0. The Labute approximate surface area is 192 Å². The van der Waals surface area contributed by atoms with Crippen molar-refractivity contribution in [2.75, 3.05) is 20.2 Å². The van der Waals surface area contributed by atoms with Crippen molar-refractivity contribution in [2.45, 2.75) is 77.9 Å². The van der Waals surface area contributed by atoms with Crippen LogP contribution in [0, 0.1) is 23.2 Å². The van der Waals surface area contributed by atoms with Crippen LogP contribution in [-0.4, -0.2) is 48.6 Å². The number of nitrogens with one attached hydrogen (secondary N) is 1. The molecule has 0 bridgehead atoms. The van der Waals surface area contributed by atoms with Crippen LogP contribution in [0.5, 0.6) is 11.5 Å². The fraction of sp³-hybridized carbons (Fsp3) is 0.654. The summed E-state index contributed by atoms with van der Waals surface area (Å²) in [5.74, 6) is 6.99. The molecule has 178 valence electrons. The summed E-state index contributed by atoms with van der Waals surface area (Å²) < 4.78 is 10.9. The van der Waals surface area contributed by atoms with E-state index in [1.165, 1.54) is 14.0 Å². The molecule has 0 aliphatic heterocycles. The Kier molecular flexibility index (Phi) is 10.3. The van der Waals surface area contributed by atoms with Gasteiger partial charge in [0, 0.05) is 37.6 Å². The number of aromatic hydroxyl groups is 1. The number of phenols is 1. The first-order valence-electron chi connectivity index (χ1n) is 11.7. The zero-order valence-corrected chi connectivity index (χ0v) is 19.9. The van der Waals surface area contributed by atoms with Crippen molar-refractivity contribution < 1.29 is 24.5 Å². The van der Waals surface area contributed by atoms with Gasteiger partial charge in [0.15, 0.2) is 11.5 Å². The first-order valence-corrected chi connectivity index (χ1v) is 11.7. The average molecular weight is 446 g/mol. The molecule has 0 saturated carbocycles. The van der Waals surface area contributed by atoms with Crippen molar-refractivity contribution in [1.82, 2.24) is 5.32 Å². The standard InChI is InChI=1S/C26H39NO5/c1-5-14-27-18-26(6-2)12-7-8-21(15-20-9-10-23(30)25(16-20)31-4)24(32-19(3)28)17-22(29)11-13-26/h9-10,16,21-22,24,27,29-30H,5-6,8,11,13-15,17-18H2,1-4H3/t21-,22+,24+,26+/m1/s1. The molecule has 3 N–H and O–H groups in total. The van der Waals surface area contributed by atoms with E-state index in [0.29, 0.717) is 31.4 Å². The molecular formula is C26H39NO5. The number of carbonyl (C=O) groups excluding carboxylic acids is 1. The van der Waals surface area contributed by atoms with Crippen molar-refractivity contribution in [3.63, 3.8) is 0 Å². The fourth-order valence-electron chi connectivity index (χ4n) is 4.33. The third kappa shape index (κ3) is 7.72. The number of methoxy groups -OCH3 is 1. The quantitative estimate of drug-likeness (QED) is 0.304. The van der Waals surface area contributed by atoms with Crippen LogP contribution in [0.1, 0.15) is 64.9 Å². The van der Waals surface area contributed by atoms with Gasteiger partial charge in [-0.2, -0.15) is 0 Å². The second kappa shape index (κ2) is 12.7. The number of hydrogen-bond acceptors (Lipinski definition) is 6. The monoisotopic (exact) mass is 445 g/mol. The van der Waals surface area contributed by atoms with E-state index >= 15 is 0 Å². The predicted molar refractivity (Wildman–Crippen MR) is 126 cm³/mol. The van der Waals surface area contributed by atoms with Crippen LogP contribution in [-0.2, 0) is 16.0 Å². The number of ether oxygens (including phenoxy) is 2. The van der Waals surface area contributed by atoms with Crippen LogP contribution >= 0.6 is 0 Å². The maximum Gasteiger partial charge on any atom is 0.302 e. The van der Waals surface area contributed by atoms with Crippen molar-refractivity contribution in [3.05, 3.63) is 23.8 Å². The lowest BCUT2D eigenvalue weighted by Crippen LogP contribution is -2.36. The number of aliphatic hydroxyl groups is 1. The third-order valence-corrected chi connectivity index (χ3v) is 6.33. The minimum atomic E-state index is -0.562. The van der Waals surface area contributed by atoms with Crippen LogP contribution in [0.15, 0.2) is 18.2 Å². The second-order valence-corrected chi connectivity index (χ2v) is 8.86. The molecule has 1 aromatic rings. The molecule has 0 aromatic heterocycles. The number of benzene rings is 1. The molecule has 32 heavy (non-hydrogen) atoms. The van der Waals surface area contributed by atoms with E-state index in [9.17, 15) is 15.0 Å². The van der Waals surface area contributed by atoms with E-state index in [-0.39, 0.29) is 23.1 Å². The van der Waals surface area contributed by atoms with Crippen LogP contribution in [0.3, 0.4) is 0 Å². The molecule has 1 aliphatic rings. The van der Waals surface area contributed by atoms with Gasteiger partial charge in [0.2, 0.25) is 0 Å². The highest BCUT2D eigenvalue weighted by atomic mass is 16.5. The molecule has 1 aliphatic carbocycles. The molecule has 0 unspecified atom stereocenters. The van der Waals surface area contributed by atoms with Crippen LogP contribution in [0.4, 0.5) is 0 Å². The molecule has 0 spiro atoms. The lowest BCUT2D eigenvalue weighted by Gasteiger charge is -2.32. The first-order chi connectivity index (χ1) is 15.3. The lowest BCUT2D eigenvalue weighted by molar-refractivity contribution is -0.151. The van der Waals surface area contributed by atoms with Crippen molar-refractivity contribution in [1.29, 1.82) is 0 Å². The molecule has 0 saturated heterocycles. The topological polar surface area (TPSA) is 88.0 Å². The summed E-state index contributed by atoms with van der Waals surface area (Å²) in [6.07, 6.45) is 3.97. The summed E-state index contributed by atoms with van der Waals surface area (Å²) in [5, 5.41) is 24.2. The summed E-state index contributed by atoms with van der Waals surface area (Å²) in [7, 11) is 1.52. The van der Waals surface area contributed by atoms with Crippen LogP contribution in [0.2, 0.25) is 0 Å². The minimum Gasteiger partial charge on any atom is -0.504 e. The lowest BCUT2D eigenvalue weighted by atomic mass is 9.77. The smallest absolute Gasteiger partial charge is 0.302 e. The minimum absolute atomic E-state index is 0.0773. The maximum atomic E-state index is 11.8. The Hall–Kier alpha value is -2.23. The normalized spacial score (nSPS) is 26.0. The summed E-state index contributed by atoms with van der Waals surface area (Å²) in [5.41, 5.74) is 0.790. The number of phenolic OH excluding ortho intramolecular Hbond substituents is 1. The van der Waals surface area contributed by atoms with E-state index < -0.39 is 12.2 Å². The Morgan fingerprint density at radius 2 is 2.12 bits per heavy atom. The Bertz CT molecular complexity index is 799. The van der Waals surface area contributed by atoms with Gasteiger partial charge in [-0.05, 0) is 56.3 Å². The van der Waals surface area contributed by atoms with Crippen LogP contribution < -0.4 is 10.1 Å². The molecule has 0 radical (unpaired) electrons. The molecule has 4 atom stereocenters. The second-order valence-electron chi connectivity index (χ2n) is 8.86. The molecule has 6 nitrogen and oxygen atoms in total. The molecule has 1 aromatic carbocycles. The highest BCUT2D eigenvalue weighted by molar-refractivity contribution is 5.66. The zero-order valence-electron chi connectivity index (χ0n) is 19.9. The Morgan fingerprint density at radius 1 is 1.34 bits per heavy atom. The summed E-state index contributed by atoms with van der Waals surface area (Å²) in [4.78, 5) is 11.8. The van der Waals surface area contributed by atoms with E-state index in [2.05, 4.69) is 31.0 Å². The van der Waals surface area contributed by atoms with Gasteiger partial charge >= 0.3 is 5.97 Å². The average Bonchev–Trinajstić information content (AvgIpc) is 2.76. The Balaban J connectivity index is 2.33.